The van der Waals surface area contributed by atoms with Crippen LogP contribution in [0.5, 0.6) is 0 Å². The molecule has 2 rings (SSSR count). The Kier molecular flexibility index (Phi) is 5.65. The zero-order valence-corrected chi connectivity index (χ0v) is 13.4. The van der Waals surface area contributed by atoms with Crippen molar-refractivity contribution < 1.29 is 4.79 Å². The largest absolute Gasteiger partial charge is 0.323 e. The number of halogens is 1. The molecule has 1 aromatic rings. The first-order valence-electron chi connectivity index (χ1n) is 7.15. The Morgan fingerprint density at radius 1 is 1.30 bits per heavy atom. The van der Waals surface area contributed by atoms with Crippen LogP contribution in [0.25, 0.3) is 0 Å². The van der Waals surface area contributed by atoms with Gasteiger partial charge in [-0.2, -0.15) is 0 Å². The van der Waals surface area contributed by atoms with E-state index in [1.165, 1.54) is 32.1 Å². The van der Waals surface area contributed by atoms with Gasteiger partial charge in [-0.05, 0) is 49.4 Å². The summed E-state index contributed by atoms with van der Waals surface area (Å²) in [4.78, 5) is 11.8. The maximum atomic E-state index is 11.8. The summed E-state index contributed by atoms with van der Waals surface area (Å²) >= 11 is 3.41. The maximum Gasteiger partial charge on any atom is 0.323 e. The van der Waals surface area contributed by atoms with Crippen LogP contribution in [0.4, 0.5) is 10.5 Å². The van der Waals surface area contributed by atoms with Gasteiger partial charge in [-0.25, -0.2) is 4.79 Å². The van der Waals surface area contributed by atoms with E-state index < -0.39 is 0 Å². The minimum atomic E-state index is -0.192. The van der Waals surface area contributed by atoms with E-state index in [0.717, 1.165) is 15.7 Å². The minimum Gasteiger partial charge on any atom is -0.315 e. The number of carbonyl (C=O) groups excluding carboxylic acids is 1. The van der Waals surface area contributed by atoms with E-state index in [1.807, 2.05) is 25.1 Å². The van der Waals surface area contributed by atoms with Gasteiger partial charge >= 0.3 is 6.03 Å². The average Bonchev–Trinajstić information content (AvgIpc) is 2.43. The number of aryl methyl sites for hydroxylation is 1. The molecule has 0 radical (unpaired) electrons. The summed E-state index contributed by atoms with van der Waals surface area (Å²) in [6, 6.07) is 5.60. The maximum absolute atomic E-state index is 11.8. The Balaban J connectivity index is 1.81. The lowest BCUT2D eigenvalue weighted by Crippen LogP contribution is -2.24. The van der Waals surface area contributed by atoms with E-state index >= 15 is 0 Å². The first kappa shape index (κ1) is 15.1. The Morgan fingerprint density at radius 3 is 2.75 bits per heavy atom. The molecule has 1 fully saturated rings. The molecule has 1 saturated carbocycles. The zero-order valence-electron chi connectivity index (χ0n) is 11.8. The van der Waals surface area contributed by atoms with E-state index in [-0.39, 0.29) is 6.03 Å². The van der Waals surface area contributed by atoms with Crippen molar-refractivity contribution in [3.63, 3.8) is 0 Å². The van der Waals surface area contributed by atoms with E-state index in [2.05, 4.69) is 32.6 Å². The average molecular weight is 337 g/mol. The Morgan fingerprint density at radius 2 is 2.05 bits per heavy atom. The normalized spacial score (nSPS) is 16.3. The molecule has 108 valence electrons. The number of urea groups is 1. The summed E-state index contributed by atoms with van der Waals surface area (Å²) in [7, 11) is 0. The van der Waals surface area contributed by atoms with Crippen LogP contribution in [0.15, 0.2) is 34.9 Å². The van der Waals surface area contributed by atoms with Gasteiger partial charge in [0.1, 0.15) is 0 Å². The number of hydrogen-bond acceptors (Lipinski definition) is 1. The third-order valence-electron chi connectivity index (χ3n) is 3.67. The van der Waals surface area contributed by atoms with Crippen LogP contribution >= 0.6 is 15.9 Å². The predicted molar refractivity (Wildman–Crippen MR) is 86.7 cm³/mol. The number of hydrogen-bond donors (Lipinski definition) is 2. The van der Waals surface area contributed by atoms with Crippen molar-refractivity contribution in [2.45, 2.75) is 39.0 Å². The van der Waals surface area contributed by atoms with Gasteiger partial charge in [-0.3, -0.25) is 0 Å². The molecular formula is C16H21BrN2O. The number of rotatable bonds is 3. The second-order valence-corrected chi connectivity index (χ2v) is 6.23. The van der Waals surface area contributed by atoms with E-state index in [9.17, 15) is 4.79 Å². The number of nitrogens with one attached hydrogen (secondary N) is 2. The molecule has 3 nitrogen and oxygen atoms in total. The van der Waals surface area contributed by atoms with Gasteiger partial charge in [0.15, 0.2) is 0 Å². The highest BCUT2D eigenvalue weighted by molar-refractivity contribution is 9.10. The Labute approximate surface area is 129 Å². The first-order chi connectivity index (χ1) is 9.65. The van der Waals surface area contributed by atoms with Crippen LogP contribution in [-0.4, -0.2) is 6.03 Å². The van der Waals surface area contributed by atoms with E-state index in [0.29, 0.717) is 5.92 Å². The highest BCUT2D eigenvalue weighted by atomic mass is 79.9. The molecule has 0 spiro atoms. The SMILES string of the molecule is Cc1cc(Br)ccc1NC(=O)N/C=C/C1CCCCC1. The van der Waals surface area contributed by atoms with E-state index in [4.69, 9.17) is 0 Å². The summed E-state index contributed by atoms with van der Waals surface area (Å²) in [5, 5.41) is 5.63. The third-order valence-corrected chi connectivity index (χ3v) is 4.16. The summed E-state index contributed by atoms with van der Waals surface area (Å²) < 4.78 is 1.01. The molecule has 0 atom stereocenters. The fraction of sp³-hybridized carbons (Fsp3) is 0.438. The molecule has 1 aliphatic rings. The van der Waals surface area contributed by atoms with E-state index in [1.54, 1.807) is 6.20 Å². The molecule has 2 amide bonds. The van der Waals surface area contributed by atoms with Crippen molar-refractivity contribution in [2.75, 3.05) is 5.32 Å². The van der Waals surface area contributed by atoms with Gasteiger partial charge in [-0.15, -0.1) is 0 Å². The van der Waals surface area contributed by atoms with Crippen molar-refractivity contribution in [1.82, 2.24) is 5.32 Å². The van der Waals surface area contributed by atoms with Crippen LogP contribution in [-0.2, 0) is 0 Å². The summed E-state index contributed by atoms with van der Waals surface area (Å²) in [5.41, 5.74) is 1.86. The summed E-state index contributed by atoms with van der Waals surface area (Å²) in [5.74, 6) is 0.624. The molecule has 0 saturated heterocycles. The Bertz CT molecular complexity index is 493. The van der Waals surface area contributed by atoms with Crippen LogP contribution < -0.4 is 10.6 Å². The molecule has 1 aliphatic carbocycles. The van der Waals surface area contributed by atoms with Crippen molar-refractivity contribution in [3.8, 4) is 0 Å². The predicted octanol–water partition coefficient (Wildman–Crippen LogP) is 4.97. The monoisotopic (exact) mass is 336 g/mol. The molecule has 0 aromatic heterocycles. The van der Waals surface area contributed by atoms with Gasteiger partial charge < -0.3 is 10.6 Å². The molecular weight excluding hydrogens is 316 g/mol. The van der Waals surface area contributed by atoms with Crippen LogP contribution in [0.1, 0.15) is 37.7 Å². The smallest absolute Gasteiger partial charge is 0.315 e. The second-order valence-electron chi connectivity index (χ2n) is 5.31. The molecule has 0 aliphatic heterocycles. The Hall–Kier alpha value is -1.29. The first-order valence-corrected chi connectivity index (χ1v) is 7.95. The number of anilines is 1. The van der Waals surface area contributed by atoms with Crippen molar-refractivity contribution in [3.05, 3.63) is 40.5 Å². The van der Waals surface area contributed by atoms with Gasteiger partial charge in [-0.1, -0.05) is 41.3 Å². The number of benzene rings is 1. The second kappa shape index (κ2) is 7.48. The standard InChI is InChI=1S/C16H21BrN2O/c1-12-11-14(17)7-8-15(12)19-16(20)18-10-9-13-5-3-2-4-6-13/h7-11,13H,2-6H2,1H3,(H2,18,19,20)/b10-9+. The lowest BCUT2D eigenvalue weighted by atomic mass is 9.89. The highest BCUT2D eigenvalue weighted by Gasteiger charge is 2.09. The van der Waals surface area contributed by atoms with Crippen LogP contribution in [0.2, 0.25) is 0 Å². The van der Waals surface area contributed by atoms with Gasteiger partial charge in [0.25, 0.3) is 0 Å². The number of carbonyl (C=O) groups is 1. The molecule has 0 unspecified atom stereocenters. The lowest BCUT2D eigenvalue weighted by molar-refractivity contribution is 0.255. The minimum absolute atomic E-state index is 0.192. The highest BCUT2D eigenvalue weighted by Crippen LogP contribution is 2.24. The van der Waals surface area contributed by atoms with Crippen molar-refractivity contribution in [1.29, 1.82) is 0 Å². The summed E-state index contributed by atoms with van der Waals surface area (Å²) in [6.45, 7) is 1.97. The number of amides is 2. The molecule has 0 bridgehead atoms. The van der Waals surface area contributed by atoms with Gasteiger partial charge in [0.2, 0.25) is 0 Å². The van der Waals surface area contributed by atoms with Gasteiger partial charge in [0, 0.05) is 16.4 Å². The van der Waals surface area contributed by atoms with Gasteiger partial charge in [0.05, 0.1) is 0 Å². The fourth-order valence-electron chi connectivity index (χ4n) is 2.51. The molecule has 2 N–H and O–H groups in total. The molecule has 0 heterocycles. The van der Waals surface area contributed by atoms with Crippen molar-refractivity contribution in [2.24, 2.45) is 5.92 Å². The number of allylic oxidation sites excluding steroid dienone is 1. The molecule has 20 heavy (non-hydrogen) atoms. The summed E-state index contributed by atoms with van der Waals surface area (Å²) in [6.07, 6.45) is 10.3. The zero-order chi connectivity index (χ0) is 14.4. The van der Waals surface area contributed by atoms with Crippen LogP contribution in [0.3, 0.4) is 0 Å². The third kappa shape index (κ3) is 4.67. The molecule has 1 aromatic carbocycles. The topological polar surface area (TPSA) is 41.1 Å². The lowest BCUT2D eigenvalue weighted by Gasteiger charge is -2.17. The van der Waals surface area contributed by atoms with Crippen LogP contribution in [0, 0.1) is 12.8 Å². The van der Waals surface area contributed by atoms with Crippen molar-refractivity contribution >= 4 is 27.6 Å². The quantitative estimate of drug-likeness (QED) is 0.803. The fourth-order valence-corrected chi connectivity index (χ4v) is 2.99. The molecule has 4 heteroatoms.